The fourth-order valence-electron chi connectivity index (χ4n) is 5.43. The zero-order valence-corrected chi connectivity index (χ0v) is 19.5. The van der Waals surface area contributed by atoms with Crippen LogP contribution in [0.5, 0.6) is 0 Å². The minimum Gasteiger partial charge on any atom is -0.464 e. The van der Waals surface area contributed by atoms with E-state index in [4.69, 9.17) is 9.47 Å². The van der Waals surface area contributed by atoms with Gasteiger partial charge in [0.05, 0.1) is 18.8 Å². The molecule has 1 atom stereocenters. The molecule has 1 aliphatic carbocycles. The van der Waals surface area contributed by atoms with Crippen molar-refractivity contribution < 1.29 is 19.1 Å². The predicted molar refractivity (Wildman–Crippen MR) is 117 cm³/mol. The number of hydrogen-bond acceptors (Lipinski definition) is 4. The average Bonchev–Trinajstić information content (AvgIpc) is 3.22. The van der Waals surface area contributed by atoms with Gasteiger partial charge in [-0.3, -0.25) is 4.90 Å². The maximum absolute atomic E-state index is 13.3. The lowest BCUT2D eigenvalue weighted by Crippen LogP contribution is -2.44. The molecule has 0 aromatic heterocycles. The summed E-state index contributed by atoms with van der Waals surface area (Å²) in [5.74, 6) is 0.229. The normalized spacial score (nSPS) is 28.9. The van der Waals surface area contributed by atoms with Gasteiger partial charge in [0.25, 0.3) is 0 Å². The van der Waals surface area contributed by atoms with Crippen molar-refractivity contribution in [1.82, 2.24) is 4.90 Å². The lowest BCUT2D eigenvalue weighted by Gasteiger charge is -2.31. The Morgan fingerprint density at radius 3 is 2.14 bits per heavy atom. The number of ether oxygens (including phenoxy) is 2. The zero-order valence-electron chi connectivity index (χ0n) is 18.5. The molecule has 5 nitrogen and oxygen atoms in total. The van der Waals surface area contributed by atoms with Crippen LogP contribution in [0.1, 0.15) is 51.0 Å². The summed E-state index contributed by atoms with van der Waals surface area (Å²) in [7, 11) is -1.67. The summed E-state index contributed by atoms with van der Waals surface area (Å²) >= 11 is 0. The van der Waals surface area contributed by atoms with Gasteiger partial charge in [-0.15, -0.1) is 0 Å². The first kappa shape index (κ1) is 21.9. The molecule has 1 amide bonds. The first-order valence-corrected chi connectivity index (χ1v) is 14.6. The van der Waals surface area contributed by atoms with Crippen molar-refractivity contribution in [1.29, 1.82) is 0 Å². The number of rotatable bonds is 6. The van der Waals surface area contributed by atoms with Crippen LogP contribution >= 0.6 is 0 Å². The molecular weight excluding hydrogens is 382 g/mol. The number of hydrogen-bond donors (Lipinski definition) is 0. The van der Waals surface area contributed by atoms with E-state index in [0.717, 1.165) is 25.7 Å². The zero-order chi connectivity index (χ0) is 21.3. The van der Waals surface area contributed by atoms with Crippen molar-refractivity contribution in [3.05, 3.63) is 35.9 Å². The largest absolute Gasteiger partial charge is 0.464 e. The van der Waals surface area contributed by atoms with Gasteiger partial charge < -0.3 is 9.47 Å². The van der Waals surface area contributed by atoms with E-state index in [0.29, 0.717) is 25.2 Å². The van der Waals surface area contributed by atoms with Gasteiger partial charge in [-0.05, 0) is 57.1 Å². The second kappa shape index (κ2) is 8.13. The Morgan fingerprint density at radius 1 is 1.03 bits per heavy atom. The van der Waals surface area contributed by atoms with Gasteiger partial charge in [0.1, 0.15) is 0 Å². The molecule has 2 aliphatic rings. The molecule has 1 aromatic rings. The van der Waals surface area contributed by atoms with E-state index in [2.05, 4.69) is 43.9 Å². The van der Waals surface area contributed by atoms with E-state index in [9.17, 15) is 9.59 Å². The molecule has 2 fully saturated rings. The first-order chi connectivity index (χ1) is 13.7. The third kappa shape index (κ3) is 3.83. The van der Waals surface area contributed by atoms with Gasteiger partial charge in [0.2, 0.25) is 0 Å². The second-order valence-electron chi connectivity index (χ2n) is 9.57. The summed E-state index contributed by atoms with van der Waals surface area (Å²) in [5.41, 5.74) is 0.0240. The van der Waals surface area contributed by atoms with Crippen LogP contribution in [0, 0.1) is 0 Å². The Labute approximate surface area is 175 Å². The van der Waals surface area contributed by atoms with Crippen molar-refractivity contribution in [2.75, 3.05) is 13.2 Å². The van der Waals surface area contributed by atoms with E-state index in [-0.39, 0.29) is 12.1 Å². The number of esters is 1. The molecule has 0 bridgehead atoms. The van der Waals surface area contributed by atoms with Gasteiger partial charge in [0, 0.05) is 8.07 Å². The van der Waals surface area contributed by atoms with Crippen molar-refractivity contribution in [3.63, 3.8) is 0 Å². The minimum atomic E-state index is -1.67. The van der Waals surface area contributed by atoms with Crippen LogP contribution < -0.4 is 0 Å². The van der Waals surface area contributed by atoms with Gasteiger partial charge in [-0.2, -0.15) is 0 Å². The molecule has 1 aliphatic heterocycles. The topological polar surface area (TPSA) is 55.6 Å². The van der Waals surface area contributed by atoms with Crippen LogP contribution in [0.4, 0.5) is 4.79 Å². The van der Waals surface area contributed by atoms with Gasteiger partial charge in [-0.1, -0.05) is 50.0 Å². The van der Waals surface area contributed by atoms with Crippen molar-refractivity contribution in [3.8, 4) is 0 Å². The Hall–Kier alpha value is -1.82. The monoisotopic (exact) mass is 417 g/mol. The smallest absolute Gasteiger partial charge is 0.411 e. The highest BCUT2D eigenvalue weighted by molar-refractivity contribution is 6.76. The summed E-state index contributed by atoms with van der Waals surface area (Å²) in [6.07, 6.45) is 3.19. The highest BCUT2D eigenvalue weighted by Gasteiger charge is 2.82. The summed E-state index contributed by atoms with van der Waals surface area (Å²) in [4.78, 5) is 28.0. The Kier molecular flexibility index (Phi) is 6.13. The molecule has 1 saturated carbocycles. The van der Waals surface area contributed by atoms with E-state index in [1.807, 2.05) is 19.9 Å². The highest BCUT2D eigenvalue weighted by Crippen LogP contribution is 2.64. The molecule has 6 heteroatoms. The van der Waals surface area contributed by atoms with E-state index < -0.39 is 19.2 Å². The molecule has 0 N–H and O–H groups in total. The van der Waals surface area contributed by atoms with Crippen LogP contribution in [0.15, 0.2) is 30.3 Å². The van der Waals surface area contributed by atoms with Crippen LogP contribution in [0.25, 0.3) is 0 Å². The minimum absolute atomic E-state index is 0.242. The Balaban J connectivity index is 1.93. The molecule has 1 heterocycles. The fraction of sp³-hybridized carbons (Fsp3) is 0.652. The molecule has 0 radical (unpaired) electrons. The lowest BCUT2D eigenvalue weighted by molar-refractivity contribution is -0.147. The molecule has 3 rings (SSSR count). The maximum atomic E-state index is 13.3. The number of nitrogens with zero attached hydrogens (tertiary/aromatic N) is 1. The van der Waals surface area contributed by atoms with Crippen molar-refractivity contribution in [2.24, 2.45) is 0 Å². The van der Waals surface area contributed by atoms with Gasteiger partial charge >= 0.3 is 12.1 Å². The van der Waals surface area contributed by atoms with Crippen molar-refractivity contribution >= 4 is 20.1 Å². The molecule has 1 unspecified atom stereocenters. The fourth-order valence-corrected chi connectivity index (χ4v) is 7.60. The first-order valence-electron chi connectivity index (χ1n) is 10.9. The highest BCUT2D eigenvalue weighted by atomic mass is 28.3. The van der Waals surface area contributed by atoms with Crippen LogP contribution in [0.3, 0.4) is 0 Å². The standard InChI is InChI=1S/C23H35NO4Si/c1-6-27-20(25)23(17-29(3,4)5)22(24(23)21(26)28-7-2)15-13-19(14-16-22)18-11-9-8-10-12-18/h8-12,19H,6-7,13-17H2,1-5H3. The van der Waals surface area contributed by atoms with Gasteiger partial charge in [-0.25, -0.2) is 9.59 Å². The Morgan fingerprint density at radius 2 is 1.62 bits per heavy atom. The summed E-state index contributed by atoms with van der Waals surface area (Å²) in [6, 6.07) is 11.3. The third-order valence-corrected chi connectivity index (χ3v) is 8.04. The maximum Gasteiger partial charge on any atom is 0.411 e. The number of carbonyl (C=O) groups is 2. The summed E-state index contributed by atoms with van der Waals surface area (Å²) in [5, 5.41) is 0. The lowest BCUT2D eigenvalue weighted by atomic mass is 9.74. The van der Waals surface area contributed by atoms with Crippen LogP contribution in [0.2, 0.25) is 25.7 Å². The summed E-state index contributed by atoms with van der Waals surface area (Å²) in [6.45, 7) is 11.0. The molecule has 160 valence electrons. The Bertz CT molecular complexity index is 737. The molecular formula is C23H35NO4Si. The quantitative estimate of drug-likeness (QED) is 0.363. The number of benzene rings is 1. The number of amides is 1. The van der Waals surface area contributed by atoms with E-state index in [1.165, 1.54) is 5.56 Å². The second-order valence-corrected chi connectivity index (χ2v) is 15.0. The van der Waals surface area contributed by atoms with E-state index in [1.54, 1.807) is 4.90 Å². The number of carbonyl (C=O) groups excluding carboxylic acids is 2. The average molecular weight is 418 g/mol. The van der Waals surface area contributed by atoms with Crippen molar-refractivity contribution in [2.45, 2.75) is 82.2 Å². The molecule has 29 heavy (non-hydrogen) atoms. The molecule has 1 spiro atoms. The van der Waals surface area contributed by atoms with E-state index >= 15 is 0 Å². The van der Waals surface area contributed by atoms with Crippen LogP contribution in [-0.2, 0) is 14.3 Å². The van der Waals surface area contributed by atoms with Gasteiger partial charge in [0.15, 0.2) is 5.54 Å². The molecule has 1 aromatic carbocycles. The SMILES string of the molecule is CCOC(=O)N1C2(CCC(c3ccccc3)CC2)C1(C[Si](C)(C)C)C(=O)OCC. The third-order valence-electron chi connectivity index (χ3n) is 6.46. The summed E-state index contributed by atoms with van der Waals surface area (Å²) < 4.78 is 10.9. The van der Waals surface area contributed by atoms with Crippen LogP contribution in [-0.4, -0.2) is 49.3 Å². The predicted octanol–water partition coefficient (Wildman–Crippen LogP) is 5.20. The molecule has 1 saturated heterocycles.